The van der Waals surface area contributed by atoms with Gasteiger partial charge in [0.25, 0.3) is 0 Å². The van der Waals surface area contributed by atoms with E-state index < -0.39 is 17.7 Å². The lowest BCUT2D eigenvalue weighted by Gasteiger charge is -2.11. The summed E-state index contributed by atoms with van der Waals surface area (Å²) in [4.78, 5) is 11.6. The number of nitrogens with two attached hydrogens (primary N) is 1. The average molecular weight is 291 g/mol. The lowest BCUT2D eigenvalue weighted by atomic mass is 10.1. The number of hydrogen-bond donors (Lipinski definition) is 1. The number of ether oxygens (including phenoxy) is 2. The topological polar surface area (TPSA) is 61.5 Å². The summed E-state index contributed by atoms with van der Waals surface area (Å²) < 4.78 is 47.7. The minimum atomic E-state index is -4.56. The molecule has 2 N–H and O–H groups in total. The Morgan fingerprint density at radius 2 is 1.90 bits per heavy atom. The van der Waals surface area contributed by atoms with Crippen LogP contribution in [-0.4, -0.2) is 25.3 Å². The molecule has 1 aromatic carbocycles. The van der Waals surface area contributed by atoms with Crippen molar-refractivity contribution in [3.05, 3.63) is 29.3 Å². The second-order valence-electron chi connectivity index (χ2n) is 4.40. The van der Waals surface area contributed by atoms with Crippen LogP contribution in [0, 0.1) is 0 Å². The Labute approximate surface area is 114 Å². The maximum atomic E-state index is 12.6. The van der Waals surface area contributed by atoms with Crippen molar-refractivity contribution in [1.82, 2.24) is 0 Å². The van der Waals surface area contributed by atoms with Crippen LogP contribution in [-0.2, 0) is 15.7 Å². The summed E-state index contributed by atoms with van der Waals surface area (Å²) in [5, 5.41) is 0. The molecule has 0 bridgehead atoms. The third kappa shape index (κ3) is 5.08. The van der Waals surface area contributed by atoms with Crippen LogP contribution in [0.2, 0.25) is 0 Å². The Kier molecular flexibility index (Phi) is 5.38. The lowest BCUT2D eigenvalue weighted by Crippen LogP contribution is -2.15. The SMILES string of the molecule is CC(C)OCCOC(=O)c1cc(N)cc(C(F)(F)F)c1. The molecule has 112 valence electrons. The van der Waals surface area contributed by atoms with Gasteiger partial charge in [-0.25, -0.2) is 4.79 Å². The fraction of sp³-hybridized carbons (Fsp3) is 0.462. The van der Waals surface area contributed by atoms with Gasteiger partial charge in [-0.15, -0.1) is 0 Å². The van der Waals surface area contributed by atoms with Crippen LogP contribution in [0.1, 0.15) is 29.8 Å². The Hall–Kier alpha value is -1.76. The molecule has 0 fully saturated rings. The highest BCUT2D eigenvalue weighted by atomic mass is 19.4. The second-order valence-corrected chi connectivity index (χ2v) is 4.40. The fourth-order valence-corrected chi connectivity index (χ4v) is 1.43. The van der Waals surface area contributed by atoms with E-state index in [0.717, 1.165) is 12.1 Å². The molecule has 0 saturated heterocycles. The van der Waals surface area contributed by atoms with Crippen molar-refractivity contribution in [2.75, 3.05) is 18.9 Å². The summed E-state index contributed by atoms with van der Waals surface area (Å²) >= 11 is 0. The van der Waals surface area contributed by atoms with Crippen molar-refractivity contribution in [1.29, 1.82) is 0 Å². The number of halogens is 3. The summed E-state index contributed by atoms with van der Waals surface area (Å²) in [5.41, 5.74) is 3.99. The van der Waals surface area contributed by atoms with Gasteiger partial charge in [0.15, 0.2) is 0 Å². The summed E-state index contributed by atoms with van der Waals surface area (Å²) in [5.74, 6) is -0.866. The van der Waals surface area contributed by atoms with Crippen molar-refractivity contribution < 1.29 is 27.4 Å². The van der Waals surface area contributed by atoms with Crippen molar-refractivity contribution in [2.24, 2.45) is 0 Å². The van der Waals surface area contributed by atoms with Gasteiger partial charge in [-0.05, 0) is 32.0 Å². The van der Waals surface area contributed by atoms with Crippen molar-refractivity contribution >= 4 is 11.7 Å². The first-order valence-electron chi connectivity index (χ1n) is 5.96. The zero-order chi connectivity index (χ0) is 15.3. The van der Waals surface area contributed by atoms with Crippen molar-refractivity contribution in [2.45, 2.75) is 26.1 Å². The molecule has 0 aliphatic rings. The molecule has 1 rings (SSSR count). The molecule has 0 saturated carbocycles. The fourth-order valence-electron chi connectivity index (χ4n) is 1.43. The maximum absolute atomic E-state index is 12.6. The van der Waals surface area contributed by atoms with Crippen LogP contribution in [0.5, 0.6) is 0 Å². The van der Waals surface area contributed by atoms with E-state index in [2.05, 4.69) is 0 Å². The normalized spacial score (nSPS) is 11.7. The van der Waals surface area contributed by atoms with Gasteiger partial charge in [0, 0.05) is 5.69 Å². The smallest absolute Gasteiger partial charge is 0.416 e. The van der Waals surface area contributed by atoms with Crippen LogP contribution >= 0.6 is 0 Å². The molecule has 0 heterocycles. The Bertz CT molecular complexity index is 472. The first-order valence-corrected chi connectivity index (χ1v) is 5.96. The van der Waals surface area contributed by atoms with Crippen LogP contribution in [0.4, 0.5) is 18.9 Å². The van der Waals surface area contributed by atoms with Gasteiger partial charge in [0.1, 0.15) is 6.61 Å². The third-order valence-electron chi connectivity index (χ3n) is 2.29. The molecule has 0 aliphatic carbocycles. The summed E-state index contributed by atoms with van der Waals surface area (Å²) in [7, 11) is 0. The van der Waals surface area contributed by atoms with Crippen LogP contribution in [0.15, 0.2) is 18.2 Å². The van der Waals surface area contributed by atoms with Gasteiger partial charge >= 0.3 is 12.1 Å². The molecule has 0 spiro atoms. The van der Waals surface area contributed by atoms with E-state index in [1.54, 1.807) is 0 Å². The summed E-state index contributed by atoms with van der Waals surface area (Å²) in [6, 6.07) is 2.61. The zero-order valence-electron chi connectivity index (χ0n) is 11.2. The highest BCUT2D eigenvalue weighted by Gasteiger charge is 2.31. The number of anilines is 1. The van der Waals surface area contributed by atoms with Gasteiger partial charge in [0.2, 0.25) is 0 Å². The maximum Gasteiger partial charge on any atom is 0.416 e. The summed E-state index contributed by atoms with van der Waals surface area (Å²) in [6.07, 6.45) is -4.58. The highest BCUT2D eigenvalue weighted by Crippen LogP contribution is 2.31. The standard InChI is InChI=1S/C13H16F3NO3/c1-8(2)19-3-4-20-12(18)9-5-10(13(14,15)16)7-11(17)6-9/h5-8H,3-4,17H2,1-2H3. The first-order chi connectivity index (χ1) is 9.20. The van der Waals surface area contributed by atoms with Crippen LogP contribution in [0.3, 0.4) is 0 Å². The number of rotatable bonds is 5. The second kappa shape index (κ2) is 6.60. The molecule has 20 heavy (non-hydrogen) atoms. The van der Waals surface area contributed by atoms with Crippen LogP contribution in [0.25, 0.3) is 0 Å². The lowest BCUT2D eigenvalue weighted by molar-refractivity contribution is -0.137. The van der Waals surface area contributed by atoms with E-state index >= 15 is 0 Å². The third-order valence-corrected chi connectivity index (χ3v) is 2.29. The molecular weight excluding hydrogens is 275 g/mol. The number of nitrogen functional groups attached to an aromatic ring is 1. The Balaban J connectivity index is 2.71. The number of benzene rings is 1. The van der Waals surface area contributed by atoms with Crippen molar-refractivity contribution in [3.63, 3.8) is 0 Å². The summed E-state index contributed by atoms with van der Waals surface area (Å²) in [6.45, 7) is 3.77. The molecule has 4 nitrogen and oxygen atoms in total. The molecule has 0 atom stereocenters. The Morgan fingerprint density at radius 3 is 2.45 bits per heavy atom. The number of carbonyl (C=O) groups is 1. The van der Waals surface area contributed by atoms with E-state index in [-0.39, 0.29) is 30.6 Å². The molecule has 7 heteroatoms. The van der Waals surface area contributed by atoms with E-state index in [0.29, 0.717) is 6.07 Å². The van der Waals surface area contributed by atoms with E-state index in [1.807, 2.05) is 13.8 Å². The van der Waals surface area contributed by atoms with E-state index in [9.17, 15) is 18.0 Å². The quantitative estimate of drug-likeness (QED) is 0.515. The predicted molar refractivity (Wildman–Crippen MR) is 67.2 cm³/mol. The van der Waals surface area contributed by atoms with Gasteiger partial charge in [-0.3, -0.25) is 0 Å². The zero-order valence-corrected chi connectivity index (χ0v) is 11.2. The molecule has 0 unspecified atom stereocenters. The molecule has 0 radical (unpaired) electrons. The minimum absolute atomic E-state index is 0.0158. The largest absolute Gasteiger partial charge is 0.460 e. The van der Waals surface area contributed by atoms with Crippen molar-refractivity contribution in [3.8, 4) is 0 Å². The number of esters is 1. The first kappa shape index (κ1) is 16.3. The molecule has 0 aliphatic heterocycles. The molecule has 0 aromatic heterocycles. The number of hydrogen-bond acceptors (Lipinski definition) is 4. The molecular formula is C13H16F3NO3. The van der Waals surface area contributed by atoms with Crippen LogP contribution < -0.4 is 5.73 Å². The monoisotopic (exact) mass is 291 g/mol. The molecule has 1 aromatic rings. The number of carbonyl (C=O) groups excluding carboxylic acids is 1. The van der Waals surface area contributed by atoms with Gasteiger partial charge in [-0.1, -0.05) is 0 Å². The number of alkyl halides is 3. The van der Waals surface area contributed by atoms with Gasteiger partial charge in [-0.2, -0.15) is 13.2 Å². The van der Waals surface area contributed by atoms with E-state index in [1.165, 1.54) is 0 Å². The molecule has 0 amide bonds. The predicted octanol–water partition coefficient (Wildman–Crippen LogP) is 2.87. The van der Waals surface area contributed by atoms with Gasteiger partial charge < -0.3 is 15.2 Å². The average Bonchev–Trinajstić information content (AvgIpc) is 2.32. The van der Waals surface area contributed by atoms with Gasteiger partial charge in [0.05, 0.1) is 23.8 Å². The Morgan fingerprint density at radius 1 is 1.25 bits per heavy atom. The highest BCUT2D eigenvalue weighted by molar-refractivity contribution is 5.90. The van der Waals surface area contributed by atoms with E-state index in [4.69, 9.17) is 15.2 Å². The minimum Gasteiger partial charge on any atom is -0.460 e.